The second-order valence-electron chi connectivity index (χ2n) is 3.37. The Morgan fingerprint density at radius 3 is 2.50 bits per heavy atom. The molecule has 84 valence electrons. The molecule has 1 heterocycles. The number of halogens is 1. The van der Waals surface area contributed by atoms with Crippen LogP contribution in [0.4, 0.5) is 14.9 Å². The van der Waals surface area contributed by atoms with E-state index in [2.05, 4.69) is 5.32 Å². The highest BCUT2D eigenvalue weighted by molar-refractivity contribution is 6.15. The first kappa shape index (κ1) is 10.6. The number of carbonyl (C=O) groups is 2. The van der Waals surface area contributed by atoms with Crippen LogP contribution in [0.1, 0.15) is 6.42 Å². The molecule has 1 aromatic rings. The molecule has 1 atom stereocenters. The van der Waals surface area contributed by atoms with E-state index in [1.165, 1.54) is 12.1 Å². The molecule has 0 bridgehead atoms. The van der Waals surface area contributed by atoms with Gasteiger partial charge in [0, 0.05) is 0 Å². The normalized spacial score (nSPS) is 20.9. The molecule has 2 N–H and O–H groups in total. The van der Waals surface area contributed by atoms with Crippen molar-refractivity contribution in [3.05, 3.63) is 30.1 Å². The molecule has 0 spiro atoms. The third kappa shape index (κ3) is 1.87. The van der Waals surface area contributed by atoms with Gasteiger partial charge in [-0.3, -0.25) is 4.79 Å². The van der Waals surface area contributed by atoms with Gasteiger partial charge in [-0.2, -0.15) is 0 Å². The number of nitrogens with one attached hydrogen (secondary N) is 1. The van der Waals surface area contributed by atoms with Gasteiger partial charge in [0.05, 0.1) is 12.1 Å². The summed E-state index contributed by atoms with van der Waals surface area (Å²) in [6.07, 6.45) is -1.35. The fraction of sp³-hybridized carbons (Fsp3) is 0.200. The number of hydrogen-bond donors (Lipinski definition) is 2. The Morgan fingerprint density at radius 2 is 1.94 bits per heavy atom. The fourth-order valence-corrected chi connectivity index (χ4v) is 1.48. The number of hydrogen-bond acceptors (Lipinski definition) is 3. The number of imide groups is 1. The Hall–Kier alpha value is -1.95. The van der Waals surface area contributed by atoms with Crippen molar-refractivity contribution in [1.29, 1.82) is 0 Å². The van der Waals surface area contributed by atoms with Crippen molar-refractivity contribution >= 4 is 17.6 Å². The maximum Gasteiger partial charge on any atom is 0.330 e. The monoisotopic (exact) mass is 224 g/mol. The second-order valence-corrected chi connectivity index (χ2v) is 3.37. The molecule has 0 aliphatic carbocycles. The zero-order chi connectivity index (χ0) is 11.7. The Kier molecular flexibility index (Phi) is 2.57. The number of carbonyl (C=O) groups excluding carboxylic acids is 2. The molecular weight excluding hydrogens is 215 g/mol. The van der Waals surface area contributed by atoms with Gasteiger partial charge in [0.25, 0.3) is 0 Å². The molecule has 0 aromatic heterocycles. The minimum Gasteiger partial charge on any atom is -0.373 e. The molecule has 0 saturated carbocycles. The number of urea groups is 1. The van der Waals surface area contributed by atoms with Crippen LogP contribution < -0.4 is 10.2 Å². The van der Waals surface area contributed by atoms with Crippen LogP contribution in [-0.4, -0.2) is 23.3 Å². The summed E-state index contributed by atoms with van der Waals surface area (Å²) in [5.41, 5.74) is 0.274. The topological polar surface area (TPSA) is 69.6 Å². The van der Waals surface area contributed by atoms with Crippen molar-refractivity contribution in [2.75, 3.05) is 4.90 Å². The zero-order valence-corrected chi connectivity index (χ0v) is 8.18. The first-order valence-corrected chi connectivity index (χ1v) is 4.65. The van der Waals surface area contributed by atoms with Crippen LogP contribution in [-0.2, 0) is 4.79 Å². The first-order valence-electron chi connectivity index (χ1n) is 4.65. The lowest BCUT2D eigenvalue weighted by atomic mass is 10.2. The van der Waals surface area contributed by atoms with Gasteiger partial charge in [0.1, 0.15) is 12.0 Å². The van der Waals surface area contributed by atoms with E-state index in [9.17, 15) is 14.0 Å². The number of benzene rings is 1. The van der Waals surface area contributed by atoms with Crippen LogP contribution in [0.15, 0.2) is 24.3 Å². The summed E-state index contributed by atoms with van der Waals surface area (Å²) < 4.78 is 12.7. The van der Waals surface area contributed by atoms with Gasteiger partial charge in [-0.25, -0.2) is 14.1 Å². The van der Waals surface area contributed by atoms with Crippen molar-refractivity contribution in [2.24, 2.45) is 0 Å². The van der Waals surface area contributed by atoms with Crippen LogP contribution in [0.5, 0.6) is 0 Å². The molecule has 0 radical (unpaired) electrons. The van der Waals surface area contributed by atoms with Crippen molar-refractivity contribution in [1.82, 2.24) is 5.32 Å². The van der Waals surface area contributed by atoms with E-state index in [1.54, 1.807) is 0 Å². The Balaban J connectivity index is 2.29. The number of aliphatic hydroxyl groups is 1. The Bertz CT molecular complexity index is 414. The molecule has 1 unspecified atom stereocenters. The maximum absolute atomic E-state index is 12.7. The van der Waals surface area contributed by atoms with Crippen LogP contribution in [0.25, 0.3) is 0 Å². The molecule has 16 heavy (non-hydrogen) atoms. The molecular formula is C10H9FN2O3. The Morgan fingerprint density at radius 1 is 1.31 bits per heavy atom. The standard InChI is InChI=1S/C10H9FN2O3/c11-6-1-3-7(4-2-6)13-9(15)5-8(14)12-10(13)16/h1-4,8,14H,5H2,(H,12,16). The highest BCUT2D eigenvalue weighted by Gasteiger charge is 2.31. The molecule has 1 aliphatic rings. The van der Waals surface area contributed by atoms with Gasteiger partial charge in [0.15, 0.2) is 0 Å². The van der Waals surface area contributed by atoms with Crippen molar-refractivity contribution in [2.45, 2.75) is 12.6 Å². The van der Waals surface area contributed by atoms with Crippen LogP contribution in [0.3, 0.4) is 0 Å². The molecule has 5 nitrogen and oxygen atoms in total. The van der Waals surface area contributed by atoms with Gasteiger partial charge < -0.3 is 10.4 Å². The number of aliphatic hydroxyl groups excluding tert-OH is 1. The molecule has 6 heteroatoms. The highest BCUT2D eigenvalue weighted by atomic mass is 19.1. The van der Waals surface area contributed by atoms with E-state index < -0.39 is 24.0 Å². The average molecular weight is 224 g/mol. The first-order chi connectivity index (χ1) is 7.58. The summed E-state index contributed by atoms with van der Waals surface area (Å²) in [5.74, 6) is -0.975. The SMILES string of the molecule is O=C1CC(O)NC(=O)N1c1ccc(F)cc1. The lowest BCUT2D eigenvalue weighted by molar-refractivity contribution is -0.121. The Labute approximate surface area is 90.5 Å². The van der Waals surface area contributed by atoms with E-state index in [0.717, 1.165) is 17.0 Å². The van der Waals surface area contributed by atoms with E-state index in [-0.39, 0.29) is 12.1 Å². The summed E-state index contributed by atoms with van der Waals surface area (Å²) in [6, 6.07) is 4.24. The predicted octanol–water partition coefficient (Wildman–Crippen LogP) is 0.590. The quantitative estimate of drug-likeness (QED) is 0.733. The number of amides is 3. The van der Waals surface area contributed by atoms with Crippen LogP contribution in [0.2, 0.25) is 0 Å². The molecule has 1 aliphatic heterocycles. The highest BCUT2D eigenvalue weighted by Crippen LogP contribution is 2.18. The smallest absolute Gasteiger partial charge is 0.330 e. The predicted molar refractivity (Wildman–Crippen MR) is 53.0 cm³/mol. The van der Waals surface area contributed by atoms with Gasteiger partial charge >= 0.3 is 6.03 Å². The number of anilines is 1. The van der Waals surface area contributed by atoms with Gasteiger partial charge in [-0.15, -0.1) is 0 Å². The molecule has 1 fully saturated rings. The maximum atomic E-state index is 12.7. The largest absolute Gasteiger partial charge is 0.373 e. The summed E-state index contributed by atoms with van der Waals surface area (Å²) in [5, 5.41) is 11.3. The minimum absolute atomic E-state index is 0.191. The van der Waals surface area contributed by atoms with E-state index in [4.69, 9.17) is 5.11 Å². The lowest BCUT2D eigenvalue weighted by Gasteiger charge is -2.28. The number of nitrogens with zero attached hydrogens (tertiary/aromatic N) is 1. The molecule has 1 aromatic carbocycles. The summed E-state index contributed by atoms with van der Waals surface area (Å²) in [4.78, 5) is 23.8. The second kappa shape index (κ2) is 3.90. The minimum atomic E-state index is -1.16. The van der Waals surface area contributed by atoms with E-state index in [1.807, 2.05) is 0 Å². The van der Waals surface area contributed by atoms with Gasteiger partial charge in [-0.1, -0.05) is 0 Å². The van der Waals surface area contributed by atoms with E-state index >= 15 is 0 Å². The molecule has 3 amide bonds. The lowest BCUT2D eigenvalue weighted by Crippen LogP contribution is -2.54. The van der Waals surface area contributed by atoms with Crippen molar-refractivity contribution < 1.29 is 19.1 Å². The van der Waals surface area contributed by atoms with Crippen molar-refractivity contribution in [3.63, 3.8) is 0 Å². The number of rotatable bonds is 1. The third-order valence-corrected chi connectivity index (χ3v) is 2.20. The molecule has 1 saturated heterocycles. The van der Waals surface area contributed by atoms with Crippen LogP contribution in [0, 0.1) is 5.82 Å². The summed E-state index contributed by atoms with van der Waals surface area (Å²) in [6.45, 7) is 0. The zero-order valence-electron chi connectivity index (χ0n) is 8.18. The summed E-state index contributed by atoms with van der Waals surface area (Å²) >= 11 is 0. The van der Waals surface area contributed by atoms with Gasteiger partial charge in [0.2, 0.25) is 5.91 Å². The van der Waals surface area contributed by atoms with Crippen molar-refractivity contribution in [3.8, 4) is 0 Å². The van der Waals surface area contributed by atoms with Gasteiger partial charge in [-0.05, 0) is 24.3 Å². The van der Waals surface area contributed by atoms with E-state index in [0.29, 0.717) is 0 Å². The molecule has 2 rings (SSSR count). The summed E-state index contributed by atoms with van der Waals surface area (Å²) in [7, 11) is 0. The van der Waals surface area contributed by atoms with Crippen LogP contribution >= 0.6 is 0 Å². The third-order valence-electron chi connectivity index (χ3n) is 2.20. The fourth-order valence-electron chi connectivity index (χ4n) is 1.48. The average Bonchev–Trinajstić information content (AvgIpc) is 2.19.